The first-order valence-electron chi connectivity index (χ1n) is 11.5. The molecule has 36 heavy (non-hydrogen) atoms. The number of likely N-dealkylation sites (tertiary alicyclic amines) is 1. The van der Waals surface area contributed by atoms with E-state index < -0.39 is 18.4 Å². The highest BCUT2D eigenvalue weighted by molar-refractivity contribution is 6.32. The molecule has 2 aliphatic rings. The van der Waals surface area contributed by atoms with Crippen molar-refractivity contribution < 1.29 is 26.7 Å². The number of hydrogen-bond donors (Lipinski definition) is 0. The summed E-state index contributed by atoms with van der Waals surface area (Å²) in [4.78, 5) is 20.7. The molecule has 2 atom stereocenters. The molecular weight excluding hydrogens is 507 g/mol. The number of fused-ring (bicyclic) bond motifs is 2. The summed E-state index contributed by atoms with van der Waals surface area (Å²) < 4.78 is 66.6. The number of benzene rings is 1. The van der Waals surface area contributed by atoms with Gasteiger partial charge in [0.05, 0.1) is 17.1 Å². The third-order valence-corrected chi connectivity index (χ3v) is 7.25. The zero-order valence-electron chi connectivity index (χ0n) is 19.1. The number of pyridine rings is 1. The fraction of sp³-hybridized carbons (Fsp3) is 0.478. The van der Waals surface area contributed by atoms with Gasteiger partial charge in [-0.05, 0) is 37.3 Å². The molecule has 5 rings (SSSR count). The van der Waals surface area contributed by atoms with Crippen LogP contribution in [0.2, 0.25) is 5.02 Å². The van der Waals surface area contributed by atoms with Crippen molar-refractivity contribution in [3.8, 4) is 0 Å². The van der Waals surface area contributed by atoms with Crippen LogP contribution in [0.1, 0.15) is 54.9 Å². The van der Waals surface area contributed by atoms with Gasteiger partial charge in [0, 0.05) is 42.8 Å². The molecule has 4 heterocycles. The highest BCUT2D eigenvalue weighted by Crippen LogP contribution is 2.40. The topological polar surface area (TPSA) is 67.2 Å². The van der Waals surface area contributed by atoms with Gasteiger partial charge in [0.2, 0.25) is 5.82 Å². The SMILES string of the molecule is C[C@@H]1CC(c2c(Cl)cnc3cc(C(F)F)ccc23)CCN1C(=O)N1CCn2c(nnc2C(F)(F)F)C1. The Hall–Kier alpha value is -3.02. The minimum Gasteiger partial charge on any atom is -0.322 e. The minimum atomic E-state index is -4.60. The van der Waals surface area contributed by atoms with Crippen LogP contribution >= 0.6 is 11.6 Å². The van der Waals surface area contributed by atoms with Gasteiger partial charge in [-0.3, -0.25) is 4.98 Å². The third kappa shape index (κ3) is 4.35. The van der Waals surface area contributed by atoms with Crippen LogP contribution in [0.3, 0.4) is 0 Å². The predicted octanol–water partition coefficient (Wildman–Crippen LogP) is 5.64. The minimum absolute atomic E-state index is 0.0155. The molecule has 0 spiro atoms. The van der Waals surface area contributed by atoms with Gasteiger partial charge in [0.25, 0.3) is 6.43 Å². The molecular formula is C23H22ClF5N6O. The number of rotatable bonds is 2. The number of alkyl halides is 5. The number of hydrogen-bond acceptors (Lipinski definition) is 4. The molecule has 7 nitrogen and oxygen atoms in total. The van der Waals surface area contributed by atoms with Crippen LogP contribution in [-0.4, -0.2) is 54.7 Å². The van der Waals surface area contributed by atoms with Gasteiger partial charge in [0.15, 0.2) is 5.82 Å². The lowest BCUT2D eigenvalue weighted by Gasteiger charge is -2.41. The van der Waals surface area contributed by atoms with E-state index in [1.54, 1.807) is 11.0 Å². The summed E-state index contributed by atoms with van der Waals surface area (Å²) >= 11 is 6.49. The molecule has 0 radical (unpaired) electrons. The summed E-state index contributed by atoms with van der Waals surface area (Å²) in [5, 5.41) is 8.05. The van der Waals surface area contributed by atoms with Crippen molar-refractivity contribution in [1.29, 1.82) is 0 Å². The van der Waals surface area contributed by atoms with Crippen LogP contribution < -0.4 is 0 Å². The first-order valence-corrected chi connectivity index (χ1v) is 11.8. The Bertz CT molecular complexity index is 1310. The average Bonchev–Trinajstić information content (AvgIpc) is 3.27. The molecule has 1 unspecified atom stereocenters. The Balaban J connectivity index is 1.32. The third-order valence-electron chi connectivity index (χ3n) is 6.95. The van der Waals surface area contributed by atoms with Crippen molar-refractivity contribution in [3.05, 3.63) is 52.2 Å². The standard InChI is InChI=1S/C23H22ClF5N6O/c1-12-8-13(19-15-3-2-14(20(25)26)9-17(15)30-10-16(19)24)4-5-34(12)22(36)33-6-7-35-18(11-33)31-32-21(35)23(27,28)29/h2-3,9-10,12-13,20H,4-8,11H2,1H3/t12-,13?/m1/s1. The smallest absolute Gasteiger partial charge is 0.322 e. The largest absolute Gasteiger partial charge is 0.451 e. The maximum absolute atomic E-state index is 13.3. The molecule has 1 fully saturated rings. The molecule has 192 valence electrons. The van der Waals surface area contributed by atoms with Gasteiger partial charge in [-0.25, -0.2) is 13.6 Å². The molecule has 0 N–H and O–H groups in total. The molecule has 0 bridgehead atoms. The van der Waals surface area contributed by atoms with E-state index in [4.69, 9.17) is 11.6 Å². The Kier molecular flexibility index (Phi) is 6.26. The van der Waals surface area contributed by atoms with E-state index in [2.05, 4.69) is 15.2 Å². The number of nitrogens with zero attached hydrogens (tertiary/aromatic N) is 6. The van der Waals surface area contributed by atoms with E-state index in [0.717, 1.165) is 10.1 Å². The fourth-order valence-electron chi connectivity index (χ4n) is 5.19. The monoisotopic (exact) mass is 528 g/mol. The van der Waals surface area contributed by atoms with E-state index in [1.165, 1.54) is 23.2 Å². The summed E-state index contributed by atoms with van der Waals surface area (Å²) in [6.45, 7) is 2.35. The summed E-state index contributed by atoms with van der Waals surface area (Å²) in [6, 6.07) is 3.90. The lowest BCUT2D eigenvalue weighted by Crippen LogP contribution is -2.52. The van der Waals surface area contributed by atoms with E-state index in [9.17, 15) is 26.7 Å². The van der Waals surface area contributed by atoms with Crippen molar-refractivity contribution in [1.82, 2.24) is 29.5 Å². The molecule has 3 aromatic rings. The van der Waals surface area contributed by atoms with Crippen molar-refractivity contribution in [2.24, 2.45) is 0 Å². The van der Waals surface area contributed by atoms with E-state index in [1.807, 2.05) is 6.92 Å². The predicted molar refractivity (Wildman–Crippen MR) is 121 cm³/mol. The van der Waals surface area contributed by atoms with Crippen LogP contribution in [-0.2, 0) is 19.3 Å². The fourth-order valence-corrected chi connectivity index (χ4v) is 5.49. The van der Waals surface area contributed by atoms with Crippen LogP contribution in [0.15, 0.2) is 24.4 Å². The van der Waals surface area contributed by atoms with Crippen LogP contribution in [0.25, 0.3) is 10.9 Å². The molecule has 0 aliphatic carbocycles. The van der Waals surface area contributed by atoms with Crippen molar-refractivity contribution >= 4 is 28.5 Å². The number of urea groups is 1. The van der Waals surface area contributed by atoms with Crippen molar-refractivity contribution in [2.75, 3.05) is 13.1 Å². The van der Waals surface area contributed by atoms with Gasteiger partial charge < -0.3 is 14.4 Å². The second-order valence-electron chi connectivity index (χ2n) is 9.15. The zero-order chi connectivity index (χ0) is 25.8. The van der Waals surface area contributed by atoms with Crippen LogP contribution in [0.4, 0.5) is 26.7 Å². The lowest BCUT2D eigenvalue weighted by molar-refractivity contribution is -0.147. The molecule has 0 saturated carbocycles. The number of piperidine rings is 1. The maximum atomic E-state index is 13.3. The Morgan fingerprint density at radius 1 is 1.17 bits per heavy atom. The molecule has 13 heteroatoms. The summed E-state index contributed by atoms with van der Waals surface area (Å²) in [7, 11) is 0. The first-order chi connectivity index (χ1) is 17.0. The quantitative estimate of drug-likeness (QED) is 0.404. The highest BCUT2D eigenvalue weighted by Gasteiger charge is 2.41. The number of halogens is 6. The number of carbonyl (C=O) groups is 1. The molecule has 2 aliphatic heterocycles. The second-order valence-corrected chi connectivity index (χ2v) is 9.56. The van der Waals surface area contributed by atoms with Crippen LogP contribution in [0, 0.1) is 0 Å². The zero-order valence-corrected chi connectivity index (χ0v) is 19.9. The second kappa shape index (κ2) is 9.13. The maximum Gasteiger partial charge on any atom is 0.451 e. The Morgan fingerprint density at radius 3 is 2.64 bits per heavy atom. The number of amides is 2. The highest BCUT2D eigenvalue weighted by atomic mass is 35.5. The summed E-state index contributed by atoms with van der Waals surface area (Å²) in [5.74, 6) is -0.971. The summed E-state index contributed by atoms with van der Waals surface area (Å²) in [6.07, 6.45) is -4.56. The molecule has 1 aromatic carbocycles. The Labute approximate surface area is 207 Å². The average molecular weight is 529 g/mol. The first kappa shape index (κ1) is 24.7. The van der Waals surface area contributed by atoms with Crippen LogP contribution in [0.5, 0.6) is 0 Å². The van der Waals surface area contributed by atoms with E-state index in [0.29, 0.717) is 35.3 Å². The van der Waals surface area contributed by atoms with Gasteiger partial charge in [-0.15, -0.1) is 10.2 Å². The summed E-state index contributed by atoms with van der Waals surface area (Å²) in [5.41, 5.74) is 1.15. The van der Waals surface area contributed by atoms with Gasteiger partial charge in [0.1, 0.15) is 0 Å². The molecule has 2 aromatic heterocycles. The van der Waals surface area contributed by atoms with E-state index in [-0.39, 0.29) is 49.0 Å². The van der Waals surface area contributed by atoms with Crippen molar-refractivity contribution in [2.45, 2.75) is 57.4 Å². The van der Waals surface area contributed by atoms with Gasteiger partial charge >= 0.3 is 12.2 Å². The molecule has 2 amide bonds. The van der Waals surface area contributed by atoms with Crippen molar-refractivity contribution in [3.63, 3.8) is 0 Å². The Morgan fingerprint density at radius 2 is 1.94 bits per heavy atom. The molecule has 1 saturated heterocycles. The van der Waals surface area contributed by atoms with Gasteiger partial charge in [-0.1, -0.05) is 23.7 Å². The normalized spacial score (nSPS) is 20.8. The number of aromatic nitrogens is 4. The lowest BCUT2D eigenvalue weighted by atomic mass is 9.84. The van der Waals surface area contributed by atoms with E-state index >= 15 is 0 Å². The van der Waals surface area contributed by atoms with Gasteiger partial charge in [-0.2, -0.15) is 13.2 Å². The number of carbonyl (C=O) groups excluding carboxylic acids is 1.